The second-order valence-corrected chi connectivity index (χ2v) is 14.4. The molecule has 0 bridgehead atoms. The van der Waals surface area contributed by atoms with E-state index in [2.05, 4.69) is 59.8 Å². The minimum absolute atomic E-state index is 0.0227. The number of hydrogen-bond donors (Lipinski definition) is 0. The summed E-state index contributed by atoms with van der Waals surface area (Å²) < 4.78 is 17.5. The highest BCUT2D eigenvalue weighted by atomic mass is 28.4. The molecule has 2 aromatic rings. The van der Waals surface area contributed by atoms with E-state index in [1.807, 2.05) is 26.0 Å². The first-order valence-electron chi connectivity index (χ1n) is 10.5. The first-order valence-corrected chi connectivity index (χ1v) is 13.4. The molecule has 0 saturated carbocycles. The molecule has 0 aliphatic rings. The standard InChI is InChI=1S/C25H36O4Si/c1-16(2)28-22-12-11-19(24(26)27-8)15-21(22)23-17(3)13-20(14-18(23)4)29-30(9,10)25(5,6)7/h11-16H,1-10H3. The molecule has 30 heavy (non-hydrogen) atoms. The molecular weight excluding hydrogens is 392 g/mol. The number of aryl methyl sites for hydroxylation is 2. The van der Waals surface area contributed by atoms with Gasteiger partial charge in [-0.3, -0.25) is 0 Å². The van der Waals surface area contributed by atoms with E-state index >= 15 is 0 Å². The molecule has 0 radical (unpaired) electrons. The van der Waals surface area contributed by atoms with Gasteiger partial charge < -0.3 is 13.9 Å². The summed E-state index contributed by atoms with van der Waals surface area (Å²) in [6.45, 7) is 19.3. The highest BCUT2D eigenvalue weighted by Gasteiger charge is 2.39. The Morgan fingerprint density at radius 3 is 2.03 bits per heavy atom. The summed E-state index contributed by atoms with van der Waals surface area (Å²) in [5, 5.41) is 0.126. The van der Waals surface area contributed by atoms with Gasteiger partial charge >= 0.3 is 5.97 Å². The zero-order chi connectivity index (χ0) is 22.9. The average Bonchev–Trinajstić information content (AvgIpc) is 2.59. The van der Waals surface area contributed by atoms with Crippen LogP contribution in [0.4, 0.5) is 0 Å². The highest BCUT2D eigenvalue weighted by molar-refractivity contribution is 6.74. The van der Waals surface area contributed by atoms with E-state index in [1.54, 1.807) is 6.07 Å². The molecule has 0 fully saturated rings. The zero-order valence-corrected chi connectivity index (χ0v) is 21.1. The van der Waals surface area contributed by atoms with Gasteiger partial charge in [-0.25, -0.2) is 4.79 Å². The molecule has 0 heterocycles. The Morgan fingerprint density at radius 2 is 1.57 bits per heavy atom. The minimum Gasteiger partial charge on any atom is -0.543 e. The summed E-state index contributed by atoms with van der Waals surface area (Å²) in [6, 6.07) is 9.62. The Kier molecular flexibility index (Phi) is 7.07. The molecule has 2 aromatic carbocycles. The summed E-state index contributed by atoms with van der Waals surface area (Å²) in [5.41, 5.74) is 4.61. The van der Waals surface area contributed by atoms with E-state index in [9.17, 15) is 4.79 Å². The van der Waals surface area contributed by atoms with Gasteiger partial charge in [0, 0.05) is 5.56 Å². The lowest BCUT2D eigenvalue weighted by atomic mass is 9.93. The maximum Gasteiger partial charge on any atom is 0.337 e. The fourth-order valence-electron chi connectivity index (χ4n) is 3.18. The van der Waals surface area contributed by atoms with Crippen LogP contribution >= 0.6 is 0 Å². The van der Waals surface area contributed by atoms with Crippen LogP contribution in [0.5, 0.6) is 11.5 Å². The van der Waals surface area contributed by atoms with Crippen molar-refractivity contribution < 1.29 is 18.7 Å². The topological polar surface area (TPSA) is 44.8 Å². The molecule has 0 N–H and O–H groups in total. The number of ether oxygens (including phenoxy) is 2. The number of esters is 1. The lowest BCUT2D eigenvalue weighted by molar-refractivity contribution is 0.0600. The van der Waals surface area contributed by atoms with E-state index in [4.69, 9.17) is 13.9 Å². The van der Waals surface area contributed by atoms with Gasteiger partial charge in [-0.2, -0.15) is 0 Å². The van der Waals surface area contributed by atoms with Crippen molar-refractivity contribution in [2.45, 2.75) is 72.7 Å². The second-order valence-electron chi connectivity index (χ2n) is 9.66. The summed E-state index contributed by atoms with van der Waals surface area (Å²) in [6.07, 6.45) is 0.0227. The molecule has 0 amide bonds. The van der Waals surface area contributed by atoms with E-state index in [0.29, 0.717) is 5.56 Å². The van der Waals surface area contributed by atoms with Gasteiger partial charge in [0.25, 0.3) is 0 Å². The molecule has 0 aliphatic carbocycles. The van der Waals surface area contributed by atoms with Crippen molar-refractivity contribution in [3.63, 3.8) is 0 Å². The van der Waals surface area contributed by atoms with Gasteiger partial charge in [0.05, 0.1) is 18.8 Å². The van der Waals surface area contributed by atoms with Crippen LogP contribution in [-0.2, 0) is 4.74 Å². The van der Waals surface area contributed by atoms with Crippen LogP contribution in [0.25, 0.3) is 11.1 Å². The van der Waals surface area contributed by atoms with Gasteiger partial charge in [-0.1, -0.05) is 20.8 Å². The third-order valence-electron chi connectivity index (χ3n) is 5.72. The second kappa shape index (κ2) is 8.84. The number of carbonyl (C=O) groups is 1. The average molecular weight is 429 g/mol. The molecule has 0 unspecified atom stereocenters. The largest absolute Gasteiger partial charge is 0.543 e. The third-order valence-corrected chi connectivity index (χ3v) is 10.1. The minimum atomic E-state index is -1.94. The van der Waals surface area contributed by atoms with Crippen LogP contribution in [-0.4, -0.2) is 27.5 Å². The SMILES string of the molecule is COC(=O)c1ccc(OC(C)C)c(-c2c(C)cc(O[Si](C)(C)C(C)(C)C)cc2C)c1. The first kappa shape index (κ1) is 24.0. The fraction of sp³-hybridized carbons (Fsp3) is 0.480. The molecule has 0 spiro atoms. The Balaban J connectivity index is 2.59. The van der Waals surface area contributed by atoms with Crippen molar-refractivity contribution >= 4 is 14.3 Å². The predicted molar refractivity (Wildman–Crippen MR) is 126 cm³/mol. The molecule has 0 atom stereocenters. The summed E-state index contributed by atoms with van der Waals surface area (Å²) >= 11 is 0. The lowest BCUT2D eigenvalue weighted by Gasteiger charge is -2.36. The number of carbonyl (C=O) groups excluding carboxylic acids is 1. The Labute approximate surface area is 182 Å². The number of rotatable bonds is 6. The van der Waals surface area contributed by atoms with Crippen molar-refractivity contribution in [1.29, 1.82) is 0 Å². The molecule has 164 valence electrons. The summed E-state index contributed by atoms with van der Waals surface area (Å²) in [5.74, 6) is 1.29. The van der Waals surface area contributed by atoms with Crippen LogP contribution in [0.15, 0.2) is 30.3 Å². The van der Waals surface area contributed by atoms with Gasteiger partial charge in [0.15, 0.2) is 0 Å². The van der Waals surface area contributed by atoms with Crippen LogP contribution in [0.3, 0.4) is 0 Å². The maximum absolute atomic E-state index is 12.1. The van der Waals surface area contributed by atoms with Gasteiger partial charge in [-0.15, -0.1) is 0 Å². The van der Waals surface area contributed by atoms with Crippen molar-refractivity contribution in [3.8, 4) is 22.6 Å². The molecule has 5 heteroatoms. The van der Waals surface area contributed by atoms with Crippen LogP contribution < -0.4 is 9.16 Å². The van der Waals surface area contributed by atoms with Crippen molar-refractivity contribution in [3.05, 3.63) is 47.0 Å². The Morgan fingerprint density at radius 1 is 1.00 bits per heavy atom. The van der Waals surface area contributed by atoms with Gasteiger partial charge in [0.2, 0.25) is 8.32 Å². The third kappa shape index (κ3) is 5.25. The molecular formula is C25H36O4Si. The highest BCUT2D eigenvalue weighted by Crippen LogP contribution is 2.41. The van der Waals surface area contributed by atoms with E-state index in [0.717, 1.165) is 33.8 Å². The quantitative estimate of drug-likeness (QED) is 0.370. The van der Waals surface area contributed by atoms with E-state index in [1.165, 1.54) is 7.11 Å². The first-order chi connectivity index (χ1) is 13.8. The van der Waals surface area contributed by atoms with Crippen LogP contribution in [0.2, 0.25) is 18.1 Å². The van der Waals surface area contributed by atoms with Crippen molar-refractivity contribution in [2.24, 2.45) is 0 Å². The monoisotopic (exact) mass is 428 g/mol. The van der Waals surface area contributed by atoms with Crippen molar-refractivity contribution in [1.82, 2.24) is 0 Å². The Bertz CT molecular complexity index is 900. The zero-order valence-electron chi connectivity index (χ0n) is 20.1. The van der Waals surface area contributed by atoms with Crippen molar-refractivity contribution in [2.75, 3.05) is 7.11 Å². The summed E-state index contributed by atoms with van der Waals surface area (Å²) in [7, 11) is -0.543. The predicted octanol–water partition coefficient (Wildman–Crippen LogP) is 6.93. The smallest absolute Gasteiger partial charge is 0.337 e. The lowest BCUT2D eigenvalue weighted by Crippen LogP contribution is -2.43. The van der Waals surface area contributed by atoms with Gasteiger partial charge in [0.1, 0.15) is 11.5 Å². The maximum atomic E-state index is 12.1. The molecule has 2 rings (SSSR count). The molecule has 0 aromatic heterocycles. The van der Waals surface area contributed by atoms with Gasteiger partial charge in [-0.05, 0) is 92.8 Å². The molecule has 4 nitrogen and oxygen atoms in total. The number of hydrogen-bond acceptors (Lipinski definition) is 4. The number of benzene rings is 2. The van der Waals surface area contributed by atoms with E-state index < -0.39 is 8.32 Å². The molecule has 0 saturated heterocycles. The fourth-order valence-corrected chi connectivity index (χ4v) is 4.20. The molecule has 0 aliphatic heterocycles. The normalized spacial score (nSPS) is 12.1. The van der Waals surface area contributed by atoms with Crippen LogP contribution in [0, 0.1) is 13.8 Å². The Hall–Kier alpha value is -2.27. The summed E-state index contributed by atoms with van der Waals surface area (Å²) in [4.78, 5) is 12.1. The number of methoxy groups -OCH3 is 1. The van der Waals surface area contributed by atoms with E-state index in [-0.39, 0.29) is 17.1 Å². The van der Waals surface area contributed by atoms with Crippen LogP contribution in [0.1, 0.15) is 56.1 Å².